The van der Waals surface area contributed by atoms with Crippen LogP contribution in [0, 0.1) is 11.8 Å². The number of carbonyl (C=O) groups excluding carboxylic acids is 1. The van der Waals surface area contributed by atoms with Crippen LogP contribution in [0.4, 0.5) is 18.9 Å². The Morgan fingerprint density at radius 1 is 1.17 bits per heavy atom. The molecule has 3 atom stereocenters. The lowest BCUT2D eigenvalue weighted by atomic mass is 9.88. The molecule has 0 spiro atoms. The minimum absolute atomic E-state index is 0.226. The molecule has 0 saturated carbocycles. The summed E-state index contributed by atoms with van der Waals surface area (Å²) in [5, 5.41) is 13.8. The molecule has 0 aliphatic carbocycles. The van der Waals surface area contributed by atoms with Crippen LogP contribution >= 0.6 is 0 Å². The van der Waals surface area contributed by atoms with Crippen LogP contribution in [-0.2, 0) is 11.0 Å². The van der Waals surface area contributed by atoms with Crippen LogP contribution in [0.15, 0.2) is 53.5 Å². The molecule has 5 nitrogen and oxygen atoms in total. The van der Waals surface area contributed by atoms with Crippen molar-refractivity contribution in [3.63, 3.8) is 0 Å². The first-order valence-electron chi connectivity index (χ1n) is 12.6. The van der Waals surface area contributed by atoms with Gasteiger partial charge in [0, 0.05) is 23.9 Å². The first kappa shape index (κ1) is 27.7. The molecule has 0 aromatic heterocycles. The molecular weight excluding hydrogens is 467 g/mol. The van der Waals surface area contributed by atoms with E-state index in [1.54, 1.807) is 0 Å². The number of anilines is 1. The molecule has 196 valence electrons. The second-order valence-corrected chi connectivity index (χ2v) is 9.92. The zero-order valence-electron chi connectivity index (χ0n) is 21.3. The Hall–Kier alpha value is -2.87. The van der Waals surface area contributed by atoms with Crippen molar-refractivity contribution in [1.29, 1.82) is 0 Å². The number of hydrogen-bond acceptors (Lipinski definition) is 4. The van der Waals surface area contributed by atoms with Gasteiger partial charge in [-0.25, -0.2) is 0 Å². The number of fused-ring (bicyclic) bond motifs is 1. The van der Waals surface area contributed by atoms with Crippen LogP contribution in [0.5, 0.6) is 0 Å². The molecular formula is C28H36F3N3O2. The second-order valence-electron chi connectivity index (χ2n) is 9.92. The van der Waals surface area contributed by atoms with Crippen molar-refractivity contribution in [1.82, 2.24) is 5.32 Å². The molecule has 3 rings (SSSR count). The third-order valence-corrected chi connectivity index (χ3v) is 6.48. The summed E-state index contributed by atoms with van der Waals surface area (Å²) in [4.78, 5) is 20.2. The summed E-state index contributed by atoms with van der Waals surface area (Å²) in [6, 6.07) is 12.5. The molecule has 2 N–H and O–H groups in total. The van der Waals surface area contributed by atoms with Gasteiger partial charge in [0.05, 0.1) is 29.8 Å². The van der Waals surface area contributed by atoms with Gasteiger partial charge in [-0.15, -0.1) is 0 Å². The number of aliphatic imine (C=N–C) groups is 1. The lowest BCUT2D eigenvalue weighted by molar-refractivity contribution is -0.137. The van der Waals surface area contributed by atoms with Gasteiger partial charge in [0.15, 0.2) is 0 Å². The summed E-state index contributed by atoms with van der Waals surface area (Å²) in [6.07, 6.45) is -2.94. The van der Waals surface area contributed by atoms with E-state index in [9.17, 15) is 23.1 Å². The Balaban J connectivity index is 1.95. The number of benzodiazepines with no additional fused rings is 1. The van der Waals surface area contributed by atoms with E-state index in [0.29, 0.717) is 30.7 Å². The van der Waals surface area contributed by atoms with Crippen molar-refractivity contribution < 1.29 is 23.1 Å². The first-order valence-corrected chi connectivity index (χ1v) is 12.6. The lowest BCUT2D eigenvalue weighted by Gasteiger charge is -2.27. The fourth-order valence-corrected chi connectivity index (χ4v) is 4.59. The summed E-state index contributed by atoms with van der Waals surface area (Å²) in [5.41, 5.74) is 1.97. The highest BCUT2D eigenvalue weighted by Gasteiger charge is 2.32. The number of para-hydroxylation sites is 1. The molecule has 36 heavy (non-hydrogen) atoms. The van der Waals surface area contributed by atoms with Crippen molar-refractivity contribution in [2.75, 3.05) is 18.5 Å². The first-order chi connectivity index (χ1) is 17.0. The summed E-state index contributed by atoms with van der Waals surface area (Å²) < 4.78 is 39.4. The minimum atomic E-state index is -4.43. The van der Waals surface area contributed by atoms with E-state index in [-0.39, 0.29) is 11.8 Å². The zero-order valence-corrected chi connectivity index (χ0v) is 21.3. The van der Waals surface area contributed by atoms with Crippen LogP contribution in [0.25, 0.3) is 0 Å². The average molecular weight is 504 g/mol. The number of rotatable bonds is 9. The molecule has 1 aliphatic heterocycles. The van der Waals surface area contributed by atoms with Crippen molar-refractivity contribution in [3.05, 3.63) is 65.2 Å². The Morgan fingerprint density at radius 2 is 1.83 bits per heavy atom. The molecule has 1 heterocycles. The highest BCUT2D eigenvalue weighted by molar-refractivity contribution is 6.16. The molecule has 2 aromatic carbocycles. The zero-order chi connectivity index (χ0) is 26.5. The predicted octanol–water partition coefficient (Wildman–Crippen LogP) is 5.65. The standard InChI is InChI=1S/C28H36F3N3O2/c1-5-6-11-24(35)22(16-18(2)3)27(36)33-25-17-34(4)23-10-8-7-9-21(23)26(32-25)19-12-14-20(15-13-19)28(29,30)31/h7-10,12-15,18,22,24-25,35H,5-6,11,16-17H2,1-4H3,(H,33,36). The Labute approximate surface area is 211 Å². The van der Waals surface area contributed by atoms with Gasteiger partial charge >= 0.3 is 6.18 Å². The summed E-state index contributed by atoms with van der Waals surface area (Å²) in [7, 11) is 1.89. The number of benzene rings is 2. The number of halogens is 3. The molecule has 0 radical (unpaired) electrons. The van der Waals surface area contributed by atoms with Crippen LogP contribution in [0.3, 0.4) is 0 Å². The quantitative estimate of drug-likeness (QED) is 0.465. The van der Waals surface area contributed by atoms with E-state index >= 15 is 0 Å². The van der Waals surface area contributed by atoms with Crippen molar-refractivity contribution in [2.24, 2.45) is 16.8 Å². The summed E-state index contributed by atoms with van der Waals surface area (Å²) in [5.74, 6) is -0.589. The molecule has 1 amide bonds. The predicted molar refractivity (Wildman–Crippen MR) is 137 cm³/mol. The van der Waals surface area contributed by atoms with Gasteiger partial charge in [0.25, 0.3) is 0 Å². The molecule has 0 saturated heterocycles. The van der Waals surface area contributed by atoms with E-state index in [1.807, 2.05) is 57.0 Å². The van der Waals surface area contributed by atoms with Crippen LogP contribution in [0.2, 0.25) is 0 Å². The largest absolute Gasteiger partial charge is 0.416 e. The number of carbonyl (C=O) groups is 1. The van der Waals surface area contributed by atoms with Gasteiger partial charge in [0.1, 0.15) is 6.17 Å². The highest BCUT2D eigenvalue weighted by atomic mass is 19.4. The van der Waals surface area contributed by atoms with E-state index < -0.39 is 29.9 Å². The fraction of sp³-hybridized carbons (Fsp3) is 0.500. The average Bonchev–Trinajstić information content (AvgIpc) is 2.96. The summed E-state index contributed by atoms with van der Waals surface area (Å²) >= 11 is 0. The Morgan fingerprint density at radius 3 is 2.44 bits per heavy atom. The van der Waals surface area contributed by atoms with Gasteiger partial charge in [0.2, 0.25) is 5.91 Å². The number of nitrogens with one attached hydrogen (secondary N) is 1. The third kappa shape index (κ3) is 6.87. The lowest BCUT2D eigenvalue weighted by Crippen LogP contribution is -2.46. The molecule has 8 heteroatoms. The summed E-state index contributed by atoms with van der Waals surface area (Å²) in [6.45, 7) is 6.46. The normalized spacial score (nSPS) is 17.8. The SMILES string of the molecule is CCCCC(O)C(CC(C)C)C(=O)NC1CN(C)c2ccccc2C(c2ccc(C(F)(F)F)cc2)=N1. The van der Waals surface area contributed by atoms with E-state index in [1.165, 1.54) is 12.1 Å². The van der Waals surface area contributed by atoms with E-state index in [2.05, 4.69) is 5.32 Å². The Kier molecular flexibility index (Phi) is 9.17. The topological polar surface area (TPSA) is 64.9 Å². The second kappa shape index (κ2) is 11.9. The molecule has 0 bridgehead atoms. The van der Waals surface area contributed by atoms with Crippen molar-refractivity contribution in [2.45, 2.75) is 64.9 Å². The van der Waals surface area contributed by atoms with Crippen LogP contribution in [-0.4, -0.2) is 42.6 Å². The van der Waals surface area contributed by atoms with Gasteiger partial charge < -0.3 is 15.3 Å². The molecule has 1 aliphatic rings. The number of alkyl halides is 3. The number of unbranched alkanes of at least 4 members (excludes halogenated alkanes) is 1. The number of hydrogen-bond donors (Lipinski definition) is 2. The maximum absolute atomic E-state index is 13.4. The van der Waals surface area contributed by atoms with Gasteiger partial charge in [-0.05, 0) is 37.0 Å². The fourth-order valence-electron chi connectivity index (χ4n) is 4.59. The minimum Gasteiger partial charge on any atom is -0.392 e. The maximum Gasteiger partial charge on any atom is 0.416 e. The number of likely N-dealkylation sites (N-methyl/N-ethyl adjacent to an activating group) is 1. The van der Waals surface area contributed by atoms with Gasteiger partial charge in [-0.2, -0.15) is 13.2 Å². The number of aliphatic hydroxyl groups excluding tert-OH is 1. The van der Waals surface area contributed by atoms with Gasteiger partial charge in [-0.3, -0.25) is 9.79 Å². The van der Waals surface area contributed by atoms with Crippen LogP contribution in [0.1, 0.15) is 63.1 Å². The molecule has 0 fully saturated rings. The van der Waals surface area contributed by atoms with Gasteiger partial charge in [-0.1, -0.05) is 63.9 Å². The number of amides is 1. The van der Waals surface area contributed by atoms with Crippen LogP contribution < -0.4 is 10.2 Å². The van der Waals surface area contributed by atoms with Crippen molar-refractivity contribution in [3.8, 4) is 0 Å². The monoisotopic (exact) mass is 503 g/mol. The molecule has 2 aromatic rings. The van der Waals surface area contributed by atoms with E-state index in [4.69, 9.17) is 4.99 Å². The Bertz CT molecular complexity index is 1050. The smallest absolute Gasteiger partial charge is 0.392 e. The van der Waals surface area contributed by atoms with Crippen molar-refractivity contribution >= 4 is 17.3 Å². The van der Waals surface area contributed by atoms with E-state index in [0.717, 1.165) is 36.2 Å². The highest BCUT2D eigenvalue weighted by Crippen LogP contribution is 2.31. The maximum atomic E-state index is 13.4. The molecule has 3 unspecified atom stereocenters. The third-order valence-electron chi connectivity index (χ3n) is 6.48. The number of aliphatic hydroxyl groups is 1. The number of nitrogens with zero attached hydrogens (tertiary/aromatic N) is 2.